The Kier molecular flexibility index (Phi) is 3.13. The van der Waals surface area contributed by atoms with Crippen molar-refractivity contribution in [2.75, 3.05) is 7.11 Å². The number of para-hydroxylation sites is 1. The molecular weight excluding hydrogens is 202 g/mol. The number of carbonyl (C=O) groups is 1. The molecule has 1 amide bonds. The first-order chi connectivity index (χ1) is 7.72. The lowest BCUT2D eigenvalue weighted by atomic mass is 10.1. The van der Waals surface area contributed by atoms with Crippen molar-refractivity contribution in [1.82, 2.24) is 5.32 Å². The molecule has 1 N–H and O–H groups in total. The van der Waals surface area contributed by atoms with Gasteiger partial charge in [0.15, 0.2) is 0 Å². The minimum atomic E-state index is 0.00394. The molecule has 1 aliphatic carbocycles. The molecule has 0 aromatic heterocycles. The highest BCUT2D eigenvalue weighted by atomic mass is 16.5. The first kappa shape index (κ1) is 11.0. The molecule has 0 aliphatic heterocycles. The van der Waals surface area contributed by atoms with Crippen molar-refractivity contribution in [3.05, 3.63) is 29.8 Å². The molecule has 0 saturated heterocycles. The van der Waals surface area contributed by atoms with Gasteiger partial charge in [-0.25, -0.2) is 0 Å². The van der Waals surface area contributed by atoms with Crippen molar-refractivity contribution in [2.24, 2.45) is 5.92 Å². The topological polar surface area (TPSA) is 38.3 Å². The maximum Gasteiger partial charge on any atom is 0.223 e. The third-order valence-corrected chi connectivity index (χ3v) is 2.91. The van der Waals surface area contributed by atoms with E-state index in [1.807, 2.05) is 31.2 Å². The summed E-state index contributed by atoms with van der Waals surface area (Å²) in [4.78, 5) is 11.6. The third kappa shape index (κ3) is 2.35. The predicted octanol–water partition coefficient (Wildman–Crippen LogP) is 2.28. The summed E-state index contributed by atoms with van der Waals surface area (Å²) in [5.41, 5.74) is 1.03. The van der Waals surface area contributed by atoms with Crippen LogP contribution in [0.5, 0.6) is 5.75 Å². The van der Waals surface area contributed by atoms with E-state index in [1.165, 1.54) is 0 Å². The first-order valence-corrected chi connectivity index (χ1v) is 5.65. The minimum absolute atomic E-state index is 0.00394. The average molecular weight is 219 g/mol. The molecule has 3 nitrogen and oxygen atoms in total. The number of carbonyl (C=O) groups excluding carboxylic acids is 1. The molecule has 1 aliphatic rings. The summed E-state index contributed by atoms with van der Waals surface area (Å²) in [5.74, 6) is 1.24. The summed E-state index contributed by atoms with van der Waals surface area (Å²) in [6.07, 6.45) is 2.06. The molecule has 1 saturated carbocycles. The standard InChI is InChI=1S/C13H17NO2/c1-9(14-13(15)10-7-8-10)11-5-3-4-6-12(11)16-2/h3-6,9-10H,7-8H2,1-2H3,(H,14,15). The Hall–Kier alpha value is -1.51. The molecule has 0 radical (unpaired) electrons. The van der Waals surface area contributed by atoms with Crippen molar-refractivity contribution in [3.8, 4) is 5.75 Å². The molecule has 1 atom stereocenters. The fourth-order valence-electron chi connectivity index (χ4n) is 1.78. The highest BCUT2D eigenvalue weighted by molar-refractivity contribution is 5.81. The van der Waals surface area contributed by atoms with Crippen LogP contribution in [0.15, 0.2) is 24.3 Å². The largest absolute Gasteiger partial charge is 0.496 e. The molecule has 0 bridgehead atoms. The lowest BCUT2D eigenvalue weighted by molar-refractivity contribution is -0.122. The molecule has 86 valence electrons. The monoisotopic (exact) mass is 219 g/mol. The van der Waals surface area contributed by atoms with Crippen LogP contribution in [0.3, 0.4) is 0 Å². The van der Waals surface area contributed by atoms with Crippen LogP contribution in [0.25, 0.3) is 0 Å². The van der Waals surface area contributed by atoms with Gasteiger partial charge in [0.05, 0.1) is 13.2 Å². The fourth-order valence-corrected chi connectivity index (χ4v) is 1.78. The summed E-state index contributed by atoms with van der Waals surface area (Å²) in [6.45, 7) is 1.98. The van der Waals surface area contributed by atoms with Gasteiger partial charge in [0, 0.05) is 11.5 Å². The zero-order valence-corrected chi connectivity index (χ0v) is 9.69. The highest BCUT2D eigenvalue weighted by Crippen LogP contribution is 2.31. The SMILES string of the molecule is COc1ccccc1C(C)NC(=O)C1CC1. The van der Waals surface area contributed by atoms with Crippen LogP contribution in [0, 0.1) is 5.92 Å². The summed E-state index contributed by atoms with van der Waals surface area (Å²) in [7, 11) is 1.65. The number of ether oxygens (including phenoxy) is 1. The van der Waals surface area contributed by atoms with Gasteiger partial charge >= 0.3 is 0 Å². The van der Waals surface area contributed by atoms with Gasteiger partial charge in [0.2, 0.25) is 5.91 Å². The second kappa shape index (κ2) is 4.56. The van der Waals surface area contributed by atoms with Crippen LogP contribution in [0.1, 0.15) is 31.4 Å². The Morgan fingerprint density at radius 3 is 2.75 bits per heavy atom. The molecule has 1 unspecified atom stereocenters. The molecule has 1 aromatic rings. The van der Waals surface area contributed by atoms with Gasteiger partial charge in [0.1, 0.15) is 5.75 Å². The van der Waals surface area contributed by atoms with E-state index in [-0.39, 0.29) is 17.9 Å². The van der Waals surface area contributed by atoms with Gasteiger partial charge in [-0.2, -0.15) is 0 Å². The van der Waals surface area contributed by atoms with Gasteiger partial charge in [-0.05, 0) is 25.8 Å². The lowest BCUT2D eigenvalue weighted by Crippen LogP contribution is -2.28. The van der Waals surface area contributed by atoms with Crippen LogP contribution >= 0.6 is 0 Å². The van der Waals surface area contributed by atoms with E-state index in [1.54, 1.807) is 7.11 Å². The predicted molar refractivity (Wildman–Crippen MR) is 62.3 cm³/mol. The van der Waals surface area contributed by atoms with Crippen molar-refractivity contribution in [1.29, 1.82) is 0 Å². The molecule has 1 aromatic carbocycles. The van der Waals surface area contributed by atoms with E-state index < -0.39 is 0 Å². The average Bonchev–Trinajstić information content (AvgIpc) is 3.12. The van der Waals surface area contributed by atoms with Crippen LogP contribution in [0.4, 0.5) is 0 Å². The molecule has 0 spiro atoms. The molecular formula is C13H17NO2. The van der Waals surface area contributed by atoms with Crippen molar-refractivity contribution < 1.29 is 9.53 Å². The zero-order valence-electron chi connectivity index (χ0n) is 9.69. The Morgan fingerprint density at radius 2 is 2.12 bits per heavy atom. The molecule has 2 rings (SSSR count). The summed E-state index contributed by atoms with van der Waals surface area (Å²) in [6, 6.07) is 7.78. The molecule has 16 heavy (non-hydrogen) atoms. The maximum absolute atomic E-state index is 11.6. The fraction of sp³-hybridized carbons (Fsp3) is 0.462. The van der Waals surface area contributed by atoms with E-state index in [0.717, 1.165) is 24.2 Å². The maximum atomic E-state index is 11.6. The number of hydrogen-bond acceptors (Lipinski definition) is 2. The number of hydrogen-bond donors (Lipinski definition) is 1. The first-order valence-electron chi connectivity index (χ1n) is 5.65. The second-order valence-electron chi connectivity index (χ2n) is 4.25. The molecule has 1 fully saturated rings. The number of benzene rings is 1. The Balaban J connectivity index is 2.06. The van der Waals surface area contributed by atoms with Gasteiger partial charge in [0.25, 0.3) is 0 Å². The summed E-state index contributed by atoms with van der Waals surface area (Å²) in [5, 5.41) is 3.01. The summed E-state index contributed by atoms with van der Waals surface area (Å²) < 4.78 is 5.27. The highest BCUT2D eigenvalue weighted by Gasteiger charge is 2.30. The van der Waals surface area contributed by atoms with Gasteiger partial charge in [-0.3, -0.25) is 4.79 Å². The van der Waals surface area contributed by atoms with Crippen molar-refractivity contribution in [3.63, 3.8) is 0 Å². The van der Waals surface area contributed by atoms with E-state index >= 15 is 0 Å². The van der Waals surface area contributed by atoms with Gasteiger partial charge < -0.3 is 10.1 Å². The van der Waals surface area contributed by atoms with E-state index in [9.17, 15) is 4.79 Å². The lowest BCUT2D eigenvalue weighted by Gasteiger charge is -2.17. The van der Waals surface area contributed by atoms with Crippen LogP contribution in [-0.2, 0) is 4.79 Å². The number of rotatable bonds is 4. The van der Waals surface area contributed by atoms with Crippen LogP contribution in [0.2, 0.25) is 0 Å². The van der Waals surface area contributed by atoms with Crippen LogP contribution < -0.4 is 10.1 Å². The van der Waals surface area contributed by atoms with Crippen LogP contribution in [-0.4, -0.2) is 13.0 Å². The number of methoxy groups -OCH3 is 1. The quantitative estimate of drug-likeness (QED) is 0.843. The number of nitrogens with one attached hydrogen (secondary N) is 1. The smallest absolute Gasteiger partial charge is 0.223 e. The van der Waals surface area contributed by atoms with E-state index in [4.69, 9.17) is 4.74 Å². The second-order valence-corrected chi connectivity index (χ2v) is 4.25. The molecule has 0 heterocycles. The number of amides is 1. The summed E-state index contributed by atoms with van der Waals surface area (Å²) >= 11 is 0. The Morgan fingerprint density at radius 1 is 1.44 bits per heavy atom. The zero-order chi connectivity index (χ0) is 11.5. The van der Waals surface area contributed by atoms with Crippen molar-refractivity contribution in [2.45, 2.75) is 25.8 Å². The van der Waals surface area contributed by atoms with E-state index in [0.29, 0.717) is 0 Å². The minimum Gasteiger partial charge on any atom is -0.496 e. The van der Waals surface area contributed by atoms with Crippen molar-refractivity contribution >= 4 is 5.91 Å². The Labute approximate surface area is 95.8 Å². The molecule has 3 heteroatoms. The van der Waals surface area contributed by atoms with Gasteiger partial charge in [-0.1, -0.05) is 18.2 Å². The normalized spacial score (nSPS) is 16.6. The van der Waals surface area contributed by atoms with E-state index in [2.05, 4.69) is 5.32 Å². The van der Waals surface area contributed by atoms with Gasteiger partial charge in [-0.15, -0.1) is 0 Å². The third-order valence-electron chi connectivity index (χ3n) is 2.91. The Bertz CT molecular complexity index is 385.